The fraction of sp³-hybridized carbons (Fsp3) is 0.929. The molecule has 1 fully saturated rings. The monoisotopic (exact) mass is 257 g/mol. The summed E-state index contributed by atoms with van der Waals surface area (Å²) in [5.74, 6) is 0.657. The lowest BCUT2D eigenvalue weighted by Gasteiger charge is -2.28. The molecule has 0 bridgehead atoms. The average molecular weight is 257 g/mol. The number of hydrogen-bond acceptors (Lipinski definition) is 4. The number of hydrogen-bond donors (Lipinski definition) is 1. The van der Waals surface area contributed by atoms with Crippen LogP contribution in [0.15, 0.2) is 0 Å². The zero-order valence-corrected chi connectivity index (χ0v) is 11.7. The largest absolute Gasteiger partial charge is 0.464 e. The molecule has 4 nitrogen and oxygen atoms in total. The molecule has 0 aliphatic heterocycles. The SMILES string of the molecule is CCOC(=O)COCCNC1CCC(CC)CC1. The number of ether oxygens (including phenoxy) is 2. The first-order valence-corrected chi connectivity index (χ1v) is 7.23. The molecule has 0 unspecified atom stereocenters. The Bertz CT molecular complexity index is 225. The minimum absolute atomic E-state index is 0.0676. The second-order valence-electron chi connectivity index (χ2n) is 4.94. The second-order valence-corrected chi connectivity index (χ2v) is 4.94. The molecule has 0 saturated heterocycles. The first kappa shape index (κ1) is 15.4. The second kappa shape index (κ2) is 9.34. The molecule has 18 heavy (non-hydrogen) atoms. The highest BCUT2D eigenvalue weighted by Crippen LogP contribution is 2.26. The van der Waals surface area contributed by atoms with Gasteiger partial charge in [0.15, 0.2) is 0 Å². The van der Waals surface area contributed by atoms with Gasteiger partial charge in [-0.05, 0) is 38.5 Å². The maximum atomic E-state index is 11.0. The van der Waals surface area contributed by atoms with E-state index in [0.717, 1.165) is 12.5 Å². The molecule has 0 aromatic rings. The van der Waals surface area contributed by atoms with Crippen LogP contribution in [0.2, 0.25) is 0 Å². The molecule has 1 rings (SSSR count). The van der Waals surface area contributed by atoms with Gasteiger partial charge in [-0.2, -0.15) is 0 Å². The Labute approximate surface area is 110 Å². The van der Waals surface area contributed by atoms with Crippen LogP contribution in [-0.2, 0) is 14.3 Å². The molecule has 106 valence electrons. The smallest absolute Gasteiger partial charge is 0.332 e. The fourth-order valence-electron chi connectivity index (χ4n) is 2.47. The van der Waals surface area contributed by atoms with Gasteiger partial charge in [-0.15, -0.1) is 0 Å². The van der Waals surface area contributed by atoms with Crippen molar-refractivity contribution in [3.8, 4) is 0 Å². The molecular weight excluding hydrogens is 230 g/mol. The summed E-state index contributed by atoms with van der Waals surface area (Å²) < 4.78 is 10.0. The van der Waals surface area contributed by atoms with Crippen molar-refractivity contribution in [1.29, 1.82) is 0 Å². The highest BCUT2D eigenvalue weighted by molar-refractivity contribution is 5.70. The van der Waals surface area contributed by atoms with Crippen LogP contribution in [0.3, 0.4) is 0 Å². The van der Waals surface area contributed by atoms with Crippen LogP contribution in [0.5, 0.6) is 0 Å². The molecule has 0 radical (unpaired) electrons. The molecule has 1 aliphatic rings. The predicted molar refractivity (Wildman–Crippen MR) is 71.5 cm³/mol. The van der Waals surface area contributed by atoms with Crippen molar-refractivity contribution in [2.24, 2.45) is 5.92 Å². The number of nitrogens with one attached hydrogen (secondary N) is 1. The lowest BCUT2D eigenvalue weighted by molar-refractivity contribution is -0.148. The zero-order valence-electron chi connectivity index (χ0n) is 11.7. The molecule has 0 amide bonds. The minimum Gasteiger partial charge on any atom is -0.464 e. The highest BCUT2D eigenvalue weighted by Gasteiger charge is 2.18. The first-order chi connectivity index (χ1) is 8.76. The number of carbonyl (C=O) groups excluding carboxylic acids is 1. The van der Waals surface area contributed by atoms with Gasteiger partial charge < -0.3 is 14.8 Å². The van der Waals surface area contributed by atoms with Gasteiger partial charge in [-0.1, -0.05) is 13.3 Å². The van der Waals surface area contributed by atoms with Crippen LogP contribution in [0.4, 0.5) is 0 Å². The van der Waals surface area contributed by atoms with E-state index < -0.39 is 0 Å². The van der Waals surface area contributed by atoms with Crippen molar-refractivity contribution in [2.75, 3.05) is 26.4 Å². The Morgan fingerprint density at radius 3 is 2.56 bits per heavy atom. The average Bonchev–Trinajstić information content (AvgIpc) is 2.39. The number of carbonyl (C=O) groups is 1. The zero-order chi connectivity index (χ0) is 13.2. The Balaban J connectivity index is 1.94. The molecule has 4 heteroatoms. The molecule has 0 atom stereocenters. The molecular formula is C14H27NO3. The molecule has 1 aliphatic carbocycles. The Morgan fingerprint density at radius 2 is 1.94 bits per heavy atom. The van der Waals surface area contributed by atoms with E-state index in [-0.39, 0.29) is 12.6 Å². The lowest BCUT2D eigenvalue weighted by Crippen LogP contribution is -2.35. The third-order valence-corrected chi connectivity index (χ3v) is 3.63. The van der Waals surface area contributed by atoms with Crippen molar-refractivity contribution in [1.82, 2.24) is 5.32 Å². The van der Waals surface area contributed by atoms with Crippen LogP contribution in [0.1, 0.15) is 46.0 Å². The van der Waals surface area contributed by atoms with E-state index in [9.17, 15) is 4.79 Å². The fourth-order valence-corrected chi connectivity index (χ4v) is 2.47. The number of esters is 1. The van der Waals surface area contributed by atoms with Crippen molar-refractivity contribution in [3.63, 3.8) is 0 Å². The van der Waals surface area contributed by atoms with Gasteiger partial charge in [0.1, 0.15) is 6.61 Å². The maximum Gasteiger partial charge on any atom is 0.332 e. The summed E-state index contributed by atoms with van der Waals surface area (Å²) in [6, 6.07) is 0.638. The van der Waals surface area contributed by atoms with Gasteiger partial charge in [0.25, 0.3) is 0 Å². The van der Waals surface area contributed by atoms with Gasteiger partial charge in [0.05, 0.1) is 13.2 Å². The Morgan fingerprint density at radius 1 is 1.22 bits per heavy atom. The molecule has 1 saturated carbocycles. The predicted octanol–water partition coefficient (Wildman–Crippen LogP) is 2.12. The Kier molecular flexibility index (Phi) is 8.01. The van der Waals surface area contributed by atoms with Crippen molar-refractivity contribution in [2.45, 2.75) is 52.0 Å². The summed E-state index contributed by atoms with van der Waals surface area (Å²) in [5, 5.41) is 3.49. The highest BCUT2D eigenvalue weighted by atomic mass is 16.6. The van der Waals surface area contributed by atoms with E-state index in [4.69, 9.17) is 9.47 Å². The van der Waals surface area contributed by atoms with Crippen LogP contribution >= 0.6 is 0 Å². The summed E-state index contributed by atoms with van der Waals surface area (Å²) in [6.07, 6.45) is 6.55. The van der Waals surface area contributed by atoms with Crippen molar-refractivity contribution < 1.29 is 14.3 Å². The van der Waals surface area contributed by atoms with Crippen LogP contribution in [-0.4, -0.2) is 38.4 Å². The molecule has 1 N–H and O–H groups in total. The molecule has 0 heterocycles. The third-order valence-electron chi connectivity index (χ3n) is 3.63. The van der Waals surface area contributed by atoms with Gasteiger partial charge in [-0.25, -0.2) is 4.79 Å². The van der Waals surface area contributed by atoms with E-state index in [1.165, 1.54) is 32.1 Å². The number of rotatable bonds is 8. The summed E-state index contributed by atoms with van der Waals surface area (Å²) in [5.41, 5.74) is 0. The summed E-state index contributed by atoms with van der Waals surface area (Å²) in [7, 11) is 0. The van der Waals surface area contributed by atoms with E-state index >= 15 is 0 Å². The van der Waals surface area contributed by atoms with Crippen LogP contribution in [0, 0.1) is 5.92 Å². The van der Waals surface area contributed by atoms with E-state index in [1.807, 2.05) is 0 Å². The summed E-state index contributed by atoms with van der Waals surface area (Å²) in [6.45, 7) is 5.96. The third kappa shape index (κ3) is 6.36. The summed E-state index contributed by atoms with van der Waals surface area (Å²) >= 11 is 0. The minimum atomic E-state index is -0.277. The maximum absolute atomic E-state index is 11.0. The van der Waals surface area contributed by atoms with Gasteiger partial charge in [-0.3, -0.25) is 0 Å². The standard InChI is InChI=1S/C14H27NO3/c1-3-12-5-7-13(8-6-12)15-9-10-17-11-14(16)18-4-2/h12-13,15H,3-11H2,1-2H3. The normalized spacial score (nSPS) is 23.9. The molecule has 0 aromatic carbocycles. The summed E-state index contributed by atoms with van der Waals surface area (Å²) in [4.78, 5) is 11.0. The molecule has 0 aromatic heterocycles. The van der Waals surface area contributed by atoms with Crippen LogP contribution < -0.4 is 5.32 Å². The van der Waals surface area contributed by atoms with Crippen molar-refractivity contribution in [3.05, 3.63) is 0 Å². The van der Waals surface area contributed by atoms with Gasteiger partial charge in [0.2, 0.25) is 0 Å². The van der Waals surface area contributed by atoms with E-state index in [1.54, 1.807) is 6.92 Å². The van der Waals surface area contributed by atoms with Gasteiger partial charge in [0, 0.05) is 12.6 Å². The quantitative estimate of drug-likeness (QED) is 0.534. The first-order valence-electron chi connectivity index (χ1n) is 7.23. The van der Waals surface area contributed by atoms with Crippen LogP contribution in [0.25, 0.3) is 0 Å². The van der Waals surface area contributed by atoms with Gasteiger partial charge >= 0.3 is 5.97 Å². The Hall–Kier alpha value is -0.610. The molecule has 0 spiro atoms. The van der Waals surface area contributed by atoms with E-state index in [0.29, 0.717) is 19.3 Å². The lowest BCUT2D eigenvalue weighted by atomic mass is 9.84. The topological polar surface area (TPSA) is 47.6 Å². The van der Waals surface area contributed by atoms with E-state index in [2.05, 4.69) is 12.2 Å². The van der Waals surface area contributed by atoms with Crippen molar-refractivity contribution >= 4 is 5.97 Å².